The molecule has 0 radical (unpaired) electrons. The highest BCUT2D eigenvalue weighted by Gasteiger charge is 2.36. The largest absolute Gasteiger partial charge is 0.465 e. The predicted molar refractivity (Wildman–Crippen MR) is 292 cm³/mol. The quantitative estimate of drug-likeness (QED) is 0.0317. The Bertz CT molecular complexity index is 1350. The van der Waals surface area contributed by atoms with Gasteiger partial charge in [-0.2, -0.15) is 0 Å². The van der Waals surface area contributed by atoms with E-state index in [1.165, 1.54) is 30.6 Å². The molecule has 0 bridgehead atoms. The third kappa shape index (κ3) is 39.1. The van der Waals surface area contributed by atoms with E-state index in [2.05, 4.69) is 27.7 Å². The fourth-order valence-corrected chi connectivity index (χ4v) is 8.98. The van der Waals surface area contributed by atoms with E-state index in [1.54, 1.807) is 0 Å². The van der Waals surface area contributed by atoms with Gasteiger partial charge in [0.2, 0.25) is 0 Å². The van der Waals surface area contributed by atoms with Crippen molar-refractivity contribution >= 4 is 41.9 Å². The minimum atomic E-state index is -0.635. The Balaban J connectivity index is 3.10. The molecule has 16 nitrogen and oxygen atoms in total. The van der Waals surface area contributed by atoms with Crippen LogP contribution >= 0.6 is 0 Å². The Kier molecular flexibility index (Phi) is 43.5. The smallest absolute Gasteiger partial charge is 0.410 e. The van der Waals surface area contributed by atoms with Crippen molar-refractivity contribution in [3.63, 3.8) is 0 Å². The first-order valence-electron chi connectivity index (χ1n) is 29.9. The molecule has 0 spiro atoms. The minimum absolute atomic E-state index is 0.106. The summed E-state index contributed by atoms with van der Waals surface area (Å²) in [6, 6.07) is -1.22. The van der Waals surface area contributed by atoms with Crippen molar-refractivity contribution in [3.05, 3.63) is 0 Å². The van der Waals surface area contributed by atoms with Gasteiger partial charge < -0.3 is 38.1 Å². The van der Waals surface area contributed by atoms with Gasteiger partial charge in [0.25, 0.3) is 0 Å². The molecule has 1 rings (SSSR count). The average Bonchev–Trinajstić information content (AvgIpc) is 3.60. The zero-order chi connectivity index (χ0) is 55.2. The summed E-state index contributed by atoms with van der Waals surface area (Å²) in [6.45, 7) is 8.44. The number of likely N-dealkylation sites (N-methyl/N-ethyl adjacent to an activating group) is 1. The Morgan fingerprint density at radius 1 is 0.400 bits per heavy atom. The summed E-state index contributed by atoms with van der Waals surface area (Å²) < 4.78 is 39.9. The summed E-state index contributed by atoms with van der Waals surface area (Å²) in [5.74, 6) is -3.93. The maximum Gasteiger partial charge on any atom is 0.410 e. The van der Waals surface area contributed by atoms with Crippen LogP contribution in [0.3, 0.4) is 0 Å². The molecule has 2 atom stereocenters. The van der Waals surface area contributed by atoms with Crippen LogP contribution in [-0.4, -0.2) is 131 Å². The van der Waals surface area contributed by atoms with E-state index in [0.29, 0.717) is 57.9 Å². The van der Waals surface area contributed by atoms with Crippen molar-refractivity contribution in [2.75, 3.05) is 66.9 Å². The molecule has 0 aromatic carbocycles. The summed E-state index contributed by atoms with van der Waals surface area (Å²) in [5.41, 5.74) is 0. The molecule has 1 aliphatic heterocycles. The monoisotopic (exact) mass is 1070 g/mol. The highest BCUT2D eigenvalue weighted by molar-refractivity contribution is 5.73. The first-order chi connectivity index (χ1) is 36.3. The zero-order valence-electron chi connectivity index (χ0n) is 48.1. The van der Waals surface area contributed by atoms with Crippen molar-refractivity contribution in [1.29, 1.82) is 0 Å². The minimum Gasteiger partial charge on any atom is -0.465 e. The summed E-state index contributed by atoms with van der Waals surface area (Å²) in [5, 5.41) is 0. The van der Waals surface area contributed by atoms with E-state index >= 15 is 0 Å². The number of likely N-dealkylation sites (tertiary alicyclic amines) is 1. The predicted octanol–water partition coefficient (Wildman–Crippen LogP) is 12.6. The van der Waals surface area contributed by atoms with Crippen LogP contribution < -0.4 is 0 Å². The zero-order valence-corrected chi connectivity index (χ0v) is 48.1. The summed E-state index contributed by atoms with van der Waals surface area (Å²) in [7, 11) is 3.73. The molecule has 0 saturated carbocycles. The number of carbonyl (C=O) groups is 7. The second kappa shape index (κ2) is 47.3. The lowest BCUT2D eigenvalue weighted by molar-refractivity contribution is -0.156. The number of esters is 6. The van der Waals surface area contributed by atoms with Crippen molar-refractivity contribution < 1.29 is 66.7 Å². The highest BCUT2D eigenvalue weighted by atomic mass is 16.6. The van der Waals surface area contributed by atoms with Gasteiger partial charge >= 0.3 is 41.9 Å². The van der Waals surface area contributed by atoms with E-state index in [1.807, 2.05) is 19.0 Å². The number of unbranched alkanes of at least 4 members (excludes halogenated alkanes) is 20. The maximum absolute atomic E-state index is 14.0. The van der Waals surface area contributed by atoms with E-state index in [-0.39, 0.29) is 109 Å². The molecule has 0 N–H and O–H groups in total. The highest BCUT2D eigenvalue weighted by Crippen LogP contribution is 2.25. The molecular weight excluding hydrogens is 961 g/mol. The van der Waals surface area contributed by atoms with Gasteiger partial charge in [-0.25, -0.2) is 4.79 Å². The second-order valence-electron chi connectivity index (χ2n) is 21.2. The van der Waals surface area contributed by atoms with Crippen LogP contribution in [0.5, 0.6) is 0 Å². The molecule has 1 aliphatic rings. The lowest BCUT2D eigenvalue weighted by Gasteiger charge is -2.35. The number of ether oxygens (including phenoxy) is 7. The van der Waals surface area contributed by atoms with Crippen LogP contribution in [-0.2, 0) is 61.9 Å². The van der Waals surface area contributed by atoms with E-state index < -0.39 is 42.0 Å². The van der Waals surface area contributed by atoms with Crippen LogP contribution in [0.25, 0.3) is 0 Å². The standard InChI is InChI=1S/C59H106N2O14/c1-7-11-15-19-23-27-35-53(62)70-43-49(44-71-54(63)36-28-24-20-16-12-8-2)41-57(66)74-47-51-33-31-32-34-52(61(51)59(68)69-40-39-60(5)6)48-75-58(67)42-50(45-72-55(64)37-29-25-21-17-13-9-3)46-73-56(65)38-30-26-22-18-14-10-4/h49-52H,7-48H2,1-6H3/t51-,52-/m0/s1. The molecule has 1 fully saturated rings. The summed E-state index contributed by atoms with van der Waals surface area (Å²) in [4.78, 5) is 95.5. The normalized spacial score (nSPS) is 14.7. The molecule has 1 heterocycles. The van der Waals surface area contributed by atoms with Gasteiger partial charge in [-0.15, -0.1) is 0 Å². The molecule has 75 heavy (non-hydrogen) atoms. The molecule has 0 unspecified atom stereocenters. The topological polar surface area (TPSA) is 191 Å². The Labute approximate surface area is 453 Å². The van der Waals surface area contributed by atoms with Gasteiger partial charge in [0, 0.05) is 44.1 Å². The Morgan fingerprint density at radius 3 is 0.987 bits per heavy atom. The van der Waals surface area contributed by atoms with E-state index in [9.17, 15) is 33.6 Å². The van der Waals surface area contributed by atoms with Gasteiger partial charge in [0.05, 0.1) is 51.4 Å². The van der Waals surface area contributed by atoms with Crippen LogP contribution in [0.4, 0.5) is 4.79 Å². The SMILES string of the molecule is CCCCCCCCC(=O)OCC(COC(=O)CCCCCCCC)CC(=O)OC[C@@H]1CCCC[C@@H](COC(=O)CC(COC(=O)CCCCCCCC)COC(=O)CCCCCCCC)N1C(=O)OCCN(C)C. The van der Waals surface area contributed by atoms with Gasteiger partial charge in [0.1, 0.15) is 19.8 Å². The number of rotatable bonds is 47. The lowest BCUT2D eigenvalue weighted by Crippen LogP contribution is -2.51. The molecule has 0 aromatic heterocycles. The fraction of sp³-hybridized carbons (Fsp3) is 0.881. The molecule has 0 aromatic rings. The first kappa shape index (κ1) is 69.1. The van der Waals surface area contributed by atoms with Gasteiger partial charge in [-0.05, 0) is 52.6 Å². The molecule has 1 saturated heterocycles. The maximum atomic E-state index is 14.0. The first-order valence-corrected chi connectivity index (χ1v) is 29.9. The Morgan fingerprint density at radius 2 is 0.693 bits per heavy atom. The number of amides is 1. The van der Waals surface area contributed by atoms with Gasteiger partial charge in [-0.3, -0.25) is 33.7 Å². The third-order valence-electron chi connectivity index (χ3n) is 13.7. The van der Waals surface area contributed by atoms with Gasteiger partial charge in [0.15, 0.2) is 0 Å². The van der Waals surface area contributed by atoms with Gasteiger partial charge in [-0.1, -0.05) is 169 Å². The summed E-state index contributed by atoms with van der Waals surface area (Å²) in [6.07, 6.45) is 27.0. The van der Waals surface area contributed by atoms with E-state index in [4.69, 9.17) is 33.2 Å². The van der Waals surface area contributed by atoms with Crippen molar-refractivity contribution in [2.24, 2.45) is 11.8 Å². The van der Waals surface area contributed by atoms with E-state index in [0.717, 1.165) is 103 Å². The molecule has 0 aliphatic carbocycles. The van der Waals surface area contributed by atoms with Crippen LogP contribution in [0, 0.1) is 11.8 Å². The van der Waals surface area contributed by atoms with Crippen LogP contribution in [0.2, 0.25) is 0 Å². The van der Waals surface area contributed by atoms with Crippen LogP contribution in [0.15, 0.2) is 0 Å². The van der Waals surface area contributed by atoms with Crippen molar-refractivity contribution in [1.82, 2.24) is 9.80 Å². The molecule has 436 valence electrons. The molecule has 1 amide bonds. The summed E-state index contributed by atoms with van der Waals surface area (Å²) >= 11 is 0. The number of carbonyl (C=O) groups excluding carboxylic acids is 7. The molecular formula is C59H106N2O14. The fourth-order valence-electron chi connectivity index (χ4n) is 8.98. The van der Waals surface area contributed by atoms with Crippen molar-refractivity contribution in [2.45, 2.75) is 258 Å². The Hall–Kier alpha value is -3.95. The van der Waals surface area contributed by atoms with Crippen molar-refractivity contribution in [3.8, 4) is 0 Å². The lowest BCUT2D eigenvalue weighted by atomic mass is 10.1. The number of nitrogens with zero attached hydrogens (tertiary/aromatic N) is 2. The van der Waals surface area contributed by atoms with Crippen LogP contribution in [0.1, 0.15) is 246 Å². The third-order valence-corrected chi connectivity index (χ3v) is 13.7. The average molecular weight is 1070 g/mol. The number of hydrogen-bond acceptors (Lipinski definition) is 15. The molecule has 16 heteroatoms. The second-order valence-corrected chi connectivity index (χ2v) is 21.2. The number of hydrogen-bond donors (Lipinski definition) is 0.